The highest BCUT2D eigenvalue weighted by molar-refractivity contribution is 8.13. The number of pyridine rings is 1. The molecule has 0 unspecified atom stereocenters. The molecule has 8 heteroatoms. The third-order valence-electron chi connectivity index (χ3n) is 4.78. The molecule has 1 aromatic carbocycles. The first-order valence-electron chi connectivity index (χ1n) is 8.70. The molecule has 0 bridgehead atoms. The maximum Gasteiger partial charge on any atom is 0.213 e. The third-order valence-corrected chi connectivity index (χ3v) is 5.49. The van der Waals surface area contributed by atoms with E-state index in [0.29, 0.717) is 16.8 Å². The Morgan fingerprint density at radius 1 is 1.36 bits per heavy atom. The number of rotatable bonds is 3. The van der Waals surface area contributed by atoms with Crippen molar-refractivity contribution in [1.29, 1.82) is 5.26 Å². The van der Waals surface area contributed by atoms with E-state index >= 15 is 0 Å². The standard InChI is InChI=1S/C20H18FN5OS/c1-27-19-6-4-15(9-23-19)24-20(28-2)25-11-16(12-25)26-10-13(8-22)17-7-14(21)3-5-18(17)26/h3-7,9-10,16H,11-12H2,1-2H3. The highest BCUT2D eigenvalue weighted by Gasteiger charge is 2.31. The van der Waals surface area contributed by atoms with Gasteiger partial charge >= 0.3 is 0 Å². The summed E-state index contributed by atoms with van der Waals surface area (Å²) in [6.07, 6.45) is 5.49. The van der Waals surface area contributed by atoms with Gasteiger partial charge in [0.15, 0.2) is 5.17 Å². The summed E-state index contributed by atoms with van der Waals surface area (Å²) in [6, 6.07) is 10.6. The van der Waals surface area contributed by atoms with E-state index in [2.05, 4.69) is 25.5 Å². The van der Waals surface area contributed by atoms with Crippen molar-refractivity contribution in [2.75, 3.05) is 26.5 Å². The molecule has 142 valence electrons. The molecule has 0 spiro atoms. The van der Waals surface area contributed by atoms with Crippen molar-refractivity contribution in [1.82, 2.24) is 14.5 Å². The molecule has 0 radical (unpaired) electrons. The van der Waals surface area contributed by atoms with Crippen LogP contribution in [-0.2, 0) is 0 Å². The number of ether oxygens (including phenoxy) is 1. The van der Waals surface area contributed by atoms with E-state index in [1.165, 1.54) is 12.1 Å². The molecular formula is C20H18FN5OS. The molecule has 1 fully saturated rings. The topological polar surface area (TPSA) is 66.4 Å². The minimum atomic E-state index is -0.332. The monoisotopic (exact) mass is 395 g/mol. The molecule has 1 saturated heterocycles. The van der Waals surface area contributed by atoms with Gasteiger partial charge in [-0.25, -0.2) is 14.4 Å². The number of nitrogens with zero attached hydrogens (tertiary/aromatic N) is 5. The van der Waals surface area contributed by atoms with Crippen LogP contribution in [0.25, 0.3) is 10.9 Å². The van der Waals surface area contributed by atoms with Crippen molar-refractivity contribution in [3.05, 3.63) is 54.1 Å². The van der Waals surface area contributed by atoms with Gasteiger partial charge in [0.05, 0.1) is 30.6 Å². The average Bonchev–Trinajstić information content (AvgIpc) is 3.04. The van der Waals surface area contributed by atoms with E-state index < -0.39 is 0 Å². The number of nitriles is 1. The van der Waals surface area contributed by atoms with Crippen molar-refractivity contribution >= 4 is 33.5 Å². The fourth-order valence-electron chi connectivity index (χ4n) is 3.32. The largest absolute Gasteiger partial charge is 0.481 e. The van der Waals surface area contributed by atoms with Gasteiger partial charge in [-0.05, 0) is 30.5 Å². The lowest BCUT2D eigenvalue weighted by Crippen LogP contribution is -2.49. The van der Waals surface area contributed by atoms with Gasteiger partial charge < -0.3 is 14.2 Å². The lowest BCUT2D eigenvalue weighted by Gasteiger charge is -2.41. The van der Waals surface area contributed by atoms with Crippen LogP contribution in [0.1, 0.15) is 11.6 Å². The second-order valence-electron chi connectivity index (χ2n) is 6.44. The van der Waals surface area contributed by atoms with Gasteiger partial charge in [0.2, 0.25) is 5.88 Å². The summed E-state index contributed by atoms with van der Waals surface area (Å²) in [5.74, 6) is 0.222. The van der Waals surface area contributed by atoms with Gasteiger partial charge in [0.1, 0.15) is 11.9 Å². The number of fused-ring (bicyclic) bond motifs is 1. The van der Waals surface area contributed by atoms with Crippen molar-refractivity contribution in [3.8, 4) is 11.9 Å². The van der Waals surface area contributed by atoms with Gasteiger partial charge in [-0.1, -0.05) is 11.8 Å². The van der Waals surface area contributed by atoms with Gasteiger partial charge in [-0.3, -0.25) is 0 Å². The normalized spacial score (nSPS) is 14.8. The first-order chi connectivity index (χ1) is 13.6. The molecule has 1 aliphatic heterocycles. The number of aliphatic imine (C=N–C) groups is 1. The summed E-state index contributed by atoms with van der Waals surface area (Å²) in [7, 11) is 1.58. The summed E-state index contributed by atoms with van der Waals surface area (Å²) in [4.78, 5) is 11.0. The van der Waals surface area contributed by atoms with E-state index in [-0.39, 0.29) is 11.9 Å². The van der Waals surface area contributed by atoms with Gasteiger partial charge in [0, 0.05) is 36.3 Å². The minimum Gasteiger partial charge on any atom is -0.481 e. The Bertz CT molecular complexity index is 1080. The van der Waals surface area contributed by atoms with Crippen molar-refractivity contribution in [2.45, 2.75) is 6.04 Å². The molecule has 0 amide bonds. The molecule has 6 nitrogen and oxygen atoms in total. The smallest absolute Gasteiger partial charge is 0.213 e. The quantitative estimate of drug-likeness (QED) is 0.496. The van der Waals surface area contributed by atoms with Gasteiger partial charge in [0.25, 0.3) is 0 Å². The first-order valence-corrected chi connectivity index (χ1v) is 9.93. The molecule has 0 saturated carbocycles. The SMILES string of the molecule is COc1ccc(N=C(SC)N2CC(n3cc(C#N)c4cc(F)ccc43)C2)cn1. The maximum atomic E-state index is 13.6. The summed E-state index contributed by atoms with van der Waals surface area (Å²) in [5.41, 5.74) is 2.14. The van der Waals surface area contributed by atoms with Crippen LogP contribution < -0.4 is 4.74 Å². The predicted molar refractivity (Wildman–Crippen MR) is 109 cm³/mol. The van der Waals surface area contributed by atoms with Crippen LogP contribution in [-0.4, -0.2) is 46.1 Å². The number of likely N-dealkylation sites (tertiary alicyclic amines) is 1. The Balaban J connectivity index is 1.54. The first kappa shape index (κ1) is 18.3. The fraction of sp³-hybridized carbons (Fsp3) is 0.250. The van der Waals surface area contributed by atoms with E-state index in [1.807, 2.05) is 18.5 Å². The van der Waals surface area contributed by atoms with E-state index in [4.69, 9.17) is 4.74 Å². The zero-order valence-electron chi connectivity index (χ0n) is 15.5. The second kappa shape index (κ2) is 7.52. The molecular weight excluding hydrogens is 377 g/mol. The van der Waals surface area contributed by atoms with Crippen LogP contribution in [0.2, 0.25) is 0 Å². The number of halogens is 1. The summed E-state index contributed by atoms with van der Waals surface area (Å²) in [5, 5.41) is 10.9. The summed E-state index contributed by atoms with van der Waals surface area (Å²) in [6.45, 7) is 1.55. The van der Waals surface area contributed by atoms with Crippen molar-refractivity contribution < 1.29 is 9.13 Å². The maximum absolute atomic E-state index is 13.6. The zero-order valence-corrected chi connectivity index (χ0v) is 16.3. The number of thioether (sulfide) groups is 1. The van der Waals surface area contributed by atoms with Crippen molar-refractivity contribution in [2.24, 2.45) is 4.99 Å². The molecule has 1 aliphatic rings. The zero-order chi connectivity index (χ0) is 19.7. The number of benzene rings is 1. The number of aromatic nitrogens is 2. The fourth-order valence-corrected chi connectivity index (χ4v) is 3.93. The molecule has 3 heterocycles. The third kappa shape index (κ3) is 3.29. The molecule has 28 heavy (non-hydrogen) atoms. The molecule has 2 aromatic heterocycles. The molecule has 0 N–H and O–H groups in total. The van der Waals surface area contributed by atoms with E-state index in [1.54, 1.807) is 37.2 Å². The Labute approximate surface area is 166 Å². The van der Waals surface area contributed by atoms with Gasteiger partial charge in [-0.15, -0.1) is 0 Å². The highest BCUT2D eigenvalue weighted by atomic mass is 32.2. The molecule has 3 aromatic rings. The van der Waals surface area contributed by atoms with E-state index in [9.17, 15) is 9.65 Å². The Kier molecular flexibility index (Phi) is 4.92. The number of hydrogen-bond acceptors (Lipinski definition) is 5. The Hall–Kier alpha value is -3.05. The highest BCUT2D eigenvalue weighted by Crippen LogP contribution is 2.32. The van der Waals surface area contributed by atoms with Crippen molar-refractivity contribution in [3.63, 3.8) is 0 Å². The molecule has 0 aliphatic carbocycles. The summed E-state index contributed by atoms with van der Waals surface area (Å²) >= 11 is 1.58. The summed E-state index contributed by atoms with van der Waals surface area (Å²) < 4.78 is 20.7. The molecule has 0 atom stereocenters. The average molecular weight is 395 g/mol. The van der Waals surface area contributed by atoms with Crippen LogP contribution in [0.4, 0.5) is 10.1 Å². The van der Waals surface area contributed by atoms with Gasteiger partial charge in [-0.2, -0.15) is 5.26 Å². The van der Waals surface area contributed by atoms with Crippen LogP contribution in [0, 0.1) is 17.1 Å². The number of amidine groups is 1. The Morgan fingerprint density at radius 2 is 2.18 bits per heavy atom. The lowest BCUT2D eigenvalue weighted by molar-refractivity contribution is 0.201. The Morgan fingerprint density at radius 3 is 2.82 bits per heavy atom. The van der Waals surface area contributed by atoms with Crippen LogP contribution >= 0.6 is 11.8 Å². The van der Waals surface area contributed by atoms with Crippen LogP contribution in [0.15, 0.2) is 47.7 Å². The number of hydrogen-bond donors (Lipinski definition) is 0. The minimum absolute atomic E-state index is 0.210. The van der Waals surface area contributed by atoms with E-state index in [0.717, 1.165) is 29.5 Å². The van der Waals surface area contributed by atoms with Crippen LogP contribution in [0.5, 0.6) is 5.88 Å². The lowest BCUT2D eigenvalue weighted by atomic mass is 10.1. The second-order valence-corrected chi connectivity index (χ2v) is 7.21. The number of methoxy groups -OCH3 is 1. The predicted octanol–water partition coefficient (Wildman–Crippen LogP) is 3.96. The molecule has 4 rings (SSSR count). The van der Waals surface area contributed by atoms with Crippen LogP contribution in [0.3, 0.4) is 0 Å².